The molecule has 10 heteroatoms. The number of rotatable bonds is 5. The highest BCUT2D eigenvalue weighted by molar-refractivity contribution is 9.10. The van der Waals surface area contributed by atoms with E-state index in [0.717, 1.165) is 9.86 Å². The maximum absolute atomic E-state index is 15.5. The number of halogens is 3. The molecule has 0 saturated carbocycles. The predicted octanol–water partition coefficient (Wildman–Crippen LogP) is 5.15. The number of hydrogen-bond donors (Lipinski definition) is 2. The predicted molar refractivity (Wildman–Crippen MR) is 136 cm³/mol. The van der Waals surface area contributed by atoms with Crippen molar-refractivity contribution in [2.24, 2.45) is 0 Å². The molecule has 6 nitrogen and oxygen atoms in total. The average Bonchev–Trinajstić information content (AvgIpc) is 3.18. The van der Waals surface area contributed by atoms with Crippen molar-refractivity contribution in [1.29, 1.82) is 0 Å². The van der Waals surface area contributed by atoms with E-state index in [1.54, 1.807) is 48.8 Å². The van der Waals surface area contributed by atoms with Crippen molar-refractivity contribution in [2.45, 2.75) is 16.9 Å². The van der Waals surface area contributed by atoms with Crippen LogP contribution >= 0.6 is 27.5 Å². The van der Waals surface area contributed by atoms with Gasteiger partial charge >= 0.3 is 0 Å². The molecule has 0 unspecified atom stereocenters. The van der Waals surface area contributed by atoms with Gasteiger partial charge in [0.05, 0.1) is 4.90 Å². The fourth-order valence-corrected chi connectivity index (χ4v) is 6.25. The van der Waals surface area contributed by atoms with E-state index in [-0.39, 0.29) is 23.4 Å². The summed E-state index contributed by atoms with van der Waals surface area (Å²) in [6.45, 7) is 0.203. The Morgan fingerprint density at radius 3 is 2.49 bits per heavy atom. The monoisotopic (exact) mass is 573 g/mol. The third-order valence-corrected chi connectivity index (χ3v) is 8.19. The van der Waals surface area contributed by atoms with Crippen molar-refractivity contribution < 1.29 is 17.6 Å². The van der Waals surface area contributed by atoms with E-state index in [1.165, 1.54) is 24.3 Å². The lowest BCUT2D eigenvalue weighted by Crippen LogP contribution is -2.51. The first-order valence-electron chi connectivity index (χ1n) is 10.6. The number of fused-ring (bicyclic) bond motifs is 1. The zero-order valence-corrected chi connectivity index (χ0v) is 21.2. The molecule has 5 rings (SSSR count). The summed E-state index contributed by atoms with van der Waals surface area (Å²) in [5.41, 5.74) is -0.613. The summed E-state index contributed by atoms with van der Waals surface area (Å²) >= 11 is 9.36. The van der Waals surface area contributed by atoms with Gasteiger partial charge in [-0.15, -0.1) is 0 Å². The van der Waals surface area contributed by atoms with Gasteiger partial charge in [-0.2, -0.15) is 4.72 Å². The molecule has 0 aliphatic carbocycles. The normalized spacial score (nSPS) is 18.1. The number of nitrogens with zero attached hydrogens (tertiary/aromatic N) is 1. The van der Waals surface area contributed by atoms with E-state index in [4.69, 9.17) is 11.6 Å². The Morgan fingerprint density at radius 2 is 1.77 bits per heavy atom. The van der Waals surface area contributed by atoms with Crippen LogP contribution in [0.2, 0.25) is 5.02 Å². The van der Waals surface area contributed by atoms with Crippen LogP contribution in [0, 0.1) is 5.82 Å². The van der Waals surface area contributed by atoms with Crippen molar-refractivity contribution in [1.82, 2.24) is 15.0 Å². The molecule has 178 valence electrons. The second-order valence-corrected chi connectivity index (χ2v) is 11.3. The van der Waals surface area contributed by atoms with Gasteiger partial charge in [0.25, 0.3) is 0 Å². The number of hydrogen-bond acceptors (Lipinski definition) is 4. The summed E-state index contributed by atoms with van der Waals surface area (Å²) < 4.78 is 45.5. The summed E-state index contributed by atoms with van der Waals surface area (Å²) in [6, 6.07) is 15.8. The number of nitrogens with one attached hydrogen (secondary N) is 2. The fourth-order valence-electron chi connectivity index (χ4n) is 4.30. The summed E-state index contributed by atoms with van der Waals surface area (Å²) in [5, 5.41) is 4.61. The molecule has 2 N–H and O–H groups in total. The Balaban J connectivity index is 1.55. The summed E-state index contributed by atoms with van der Waals surface area (Å²) in [4.78, 5) is 17.0. The number of sulfonamides is 1. The first kappa shape index (κ1) is 23.9. The number of amides is 1. The lowest BCUT2D eigenvalue weighted by atomic mass is 9.88. The summed E-state index contributed by atoms with van der Waals surface area (Å²) in [6.07, 6.45) is 3.26. The van der Waals surface area contributed by atoms with Crippen molar-refractivity contribution in [2.75, 3.05) is 6.54 Å². The molecule has 2 heterocycles. The number of carbonyl (C=O) groups is 1. The molecule has 1 aromatic heterocycles. The molecular formula is C25H18BrClFN3O3S. The zero-order chi connectivity index (χ0) is 24.8. The number of aromatic nitrogens is 1. The second-order valence-electron chi connectivity index (χ2n) is 8.26. The van der Waals surface area contributed by atoms with Gasteiger partial charge in [0.15, 0.2) is 0 Å². The topological polar surface area (TPSA) is 88.2 Å². The van der Waals surface area contributed by atoms with E-state index in [1.807, 2.05) is 0 Å². The minimum Gasteiger partial charge on any atom is -0.354 e. The van der Waals surface area contributed by atoms with Crippen LogP contribution in [0.3, 0.4) is 0 Å². The van der Waals surface area contributed by atoms with E-state index < -0.39 is 27.3 Å². The second kappa shape index (κ2) is 8.98. The van der Waals surface area contributed by atoms with Gasteiger partial charge in [-0.25, -0.2) is 12.8 Å². The van der Waals surface area contributed by atoms with Crippen LogP contribution in [0.15, 0.2) is 82.4 Å². The van der Waals surface area contributed by atoms with Gasteiger partial charge in [0.2, 0.25) is 15.9 Å². The molecule has 1 atom stereocenters. The molecule has 1 aliphatic rings. The van der Waals surface area contributed by atoms with E-state index in [9.17, 15) is 13.2 Å². The first-order chi connectivity index (χ1) is 16.7. The maximum Gasteiger partial charge on any atom is 0.246 e. The van der Waals surface area contributed by atoms with Crippen LogP contribution < -0.4 is 10.0 Å². The summed E-state index contributed by atoms with van der Waals surface area (Å²) in [7, 11) is -4.20. The van der Waals surface area contributed by atoms with Crippen molar-refractivity contribution in [3.05, 3.63) is 93.9 Å². The average molecular weight is 575 g/mol. The Morgan fingerprint density at radius 1 is 1.00 bits per heavy atom. The van der Waals surface area contributed by atoms with Crippen molar-refractivity contribution >= 4 is 54.2 Å². The van der Waals surface area contributed by atoms with Gasteiger partial charge in [-0.3, -0.25) is 9.78 Å². The minimum absolute atomic E-state index is 0.0383. The molecule has 0 radical (unpaired) electrons. The quantitative estimate of drug-likeness (QED) is 0.345. The zero-order valence-electron chi connectivity index (χ0n) is 18.1. The number of carbonyl (C=O) groups excluding carboxylic acids is 1. The van der Waals surface area contributed by atoms with Gasteiger partial charge < -0.3 is 5.32 Å². The van der Waals surface area contributed by atoms with Crippen LogP contribution in [0.5, 0.6) is 0 Å². The molecule has 1 amide bonds. The lowest BCUT2D eigenvalue weighted by Gasteiger charge is -2.28. The van der Waals surface area contributed by atoms with Crippen LogP contribution in [0.1, 0.15) is 12.0 Å². The Kier molecular flexibility index (Phi) is 6.13. The van der Waals surface area contributed by atoms with Crippen LogP contribution in [0.25, 0.3) is 21.9 Å². The van der Waals surface area contributed by atoms with Gasteiger partial charge in [-0.05, 0) is 75.1 Å². The molecule has 1 aliphatic heterocycles. The molecule has 0 bridgehead atoms. The third kappa shape index (κ3) is 4.45. The standard InChI is InChI=1S/C25H18BrClFN3O3S/c26-19-9-18(13-29-14-19)17-3-6-22(23(28)12-17)25(7-8-30-24(25)32)31-35(33,34)21-5-2-15-10-20(27)4-1-16(15)11-21/h1-6,9-14,31H,7-8H2,(H,30,32)/t25-/m0/s1. The van der Waals surface area contributed by atoms with E-state index in [2.05, 4.69) is 31.0 Å². The number of benzene rings is 3. The highest BCUT2D eigenvalue weighted by atomic mass is 79.9. The highest BCUT2D eigenvalue weighted by Crippen LogP contribution is 2.35. The van der Waals surface area contributed by atoms with Crippen molar-refractivity contribution in [3.63, 3.8) is 0 Å². The van der Waals surface area contributed by atoms with E-state index in [0.29, 0.717) is 21.5 Å². The first-order valence-corrected chi connectivity index (χ1v) is 13.3. The van der Waals surface area contributed by atoms with Gasteiger partial charge in [0.1, 0.15) is 11.4 Å². The molecule has 3 aromatic carbocycles. The SMILES string of the molecule is O=C1NCC[C@]1(NS(=O)(=O)c1ccc2cc(Cl)ccc2c1)c1ccc(-c2cncc(Br)c2)cc1F. The highest BCUT2D eigenvalue weighted by Gasteiger charge is 2.48. The van der Waals surface area contributed by atoms with Gasteiger partial charge in [0, 0.05) is 39.6 Å². The molecular weight excluding hydrogens is 557 g/mol. The van der Waals surface area contributed by atoms with E-state index >= 15 is 4.39 Å². The smallest absolute Gasteiger partial charge is 0.246 e. The Bertz CT molecular complexity index is 1600. The molecule has 1 fully saturated rings. The molecule has 0 spiro atoms. The van der Waals surface area contributed by atoms with Crippen molar-refractivity contribution in [3.8, 4) is 11.1 Å². The van der Waals surface area contributed by atoms with Crippen LogP contribution in [-0.2, 0) is 20.4 Å². The van der Waals surface area contributed by atoms with Crippen LogP contribution in [-0.4, -0.2) is 25.9 Å². The lowest BCUT2D eigenvalue weighted by molar-refractivity contribution is -0.124. The fraction of sp³-hybridized carbons (Fsp3) is 0.120. The maximum atomic E-state index is 15.5. The molecule has 35 heavy (non-hydrogen) atoms. The molecule has 1 saturated heterocycles. The van der Waals surface area contributed by atoms with Gasteiger partial charge in [-0.1, -0.05) is 35.9 Å². The Labute approximate surface area is 214 Å². The molecule has 4 aromatic rings. The van der Waals surface area contributed by atoms with Crippen LogP contribution in [0.4, 0.5) is 4.39 Å². The number of pyridine rings is 1. The minimum atomic E-state index is -4.20. The third-order valence-electron chi connectivity index (χ3n) is 6.03. The summed E-state index contributed by atoms with van der Waals surface area (Å²) in [5.74, 6) is -1.31. The Hall–Kier alpha value is -2.85. The largest absolute Gasteiger partial charge is 0.354 e.